The van der Waals surface area contributed by atoms with Crippen LogP contribution in [0.4, 0.5) is 11.4 Å². The van der Waals surface area contributed by atoms with Gasteiger partial charge in [0.2, 0.25) is 5.91 Å². The molecule has 1 saturated heterocycles. The van der Waals surface area contributed by atoms with Gasteiger partial charge in [0.15, 0.2) is 0 Å². The number of rotatable bonds is 3. The third-order valence-corrected chi connectivity index (χ3v) is 3.62. The van der Waals surface area contributed by atoms with Gasteiger partial charge < -0.3 is 15.5 Å². The van der Waals surface area contributed by atoms with Gasteiger partial charge in [0, 0.05) is 33.1 Å². The predicted octanol–water partition coefficient (Wildman–Crippen LogP) is 1.58. The lowest BCUT2D eigenvalue weighted by atomic mass is 10.2. The summed E-state index contributed by atoms with van der Waals surface area (Å²) in [7, 11) is 0. The molecule has 0 unspecified atom stereocenters. The summed E-state index contributed by atoms with van der Waals surface area (Å²) < 4.78 is 0. The lowest BCUT2D eigenvalue weighted by Crippen LogP contribution is -2.48. The van der Waals surface area contributed by atoms with Crippen molar-refractivity contribution in [3.05, 3.63) is 24.3 Å². The van der Waals surface area contributed by atoms with E-state index in [1.165, 1.54) is 0 Å². The van der Waals surface area contributed by atoms with E-state index in [0.717, 1.165) is 37.6 Å². The molecule has 0 aliphatic carbocycles. The fourth-order valence-electron chi connectivity index (χ4n) is 2.27. The summed E-state index contributed by atoms with van der Waals surface area (Å²) in [4.78, 5) is 19.8. The molecule has 0 aromatic heterocycles. The number of aliphatic imine (C=N–C) groups is 1. The number of para-hydroxylation sites is 2. The second-order valence-corrected chi connectivity index (χ2v) is 4.99. The zero-order valence-corrected chi connectivity index (χ0v) is 12.3. The minimum absolute atomic E-state index is 0.127. The highest BCUT2D eigenvalue weighted by atomic mass is 35.5. The molecule has 0 radical (unpaired) electrons. The summed E-state index contributed by atoms with van der Waals surface area (Å²) >= 11 is 5.68. The van der Waals surface area contributed by atoms with Crippen LogP contribution in [-0.2, 0) is 4.79 Å². The van der Waals surface area contributed by atoms with Crippen LogP contribution >= 0.6 is 11.6 Å². The number of alkyl halides is 1. The molecule has 20 heavy (non-hydrogen) atoms. The summed E-state index contributed by atoms with van der Waals surface area (Å²) in [6, 6.07) is 7.84. The molecule has 0 bridgehead atoms. The standard InChI is InChI=1S/C14H19ClN4O/c1-11(20)18-6-8-19(9-7-18)13-5-3-2-4-12(13)17-14(16)10-15/h2-5H,6-10H2,1H3,(H2,16,17). The normalized spacial score (nSPS) is 16.4. The molecule has 0 atom stereocenters. The van der Waals surface area contributed by atoms with Crippen LogP contribution in [-0.4, -0.2) is 48.7 Å². The third kappa shape index (κ3) is 3.42. The van der Waals surface area contributed by atoms with Gasteiger partial charge in [0.05, 0.1) is 17.3 Å². The average molecular weight is 295 g/mol. The number of nitrogens with zero attached hydrogens (tertiary/aromatic N) is 3. The van der Waals surface area contributed by atoms with Gasteiger partial charge >= 0.3 is 0 Å². The quantitative estimate of drug-likeness (QED) is 0.523. The zero-order chi connectivity index (χ0) is 14.5. The fourth-order valence-corrected chi connectivity index (χ4v) is 2.33. The first kappa shape index (κ1) is 14.7. The Morgan fingerprint density at radius 1 is 1.30 bits per heavy atom. The molecule has 108 valence electrons. The van der Waals surface area contributed by atoms with E-state index in [0.29, 0.717) is 5.84 Å². The molecule has 1 amide bonds. The molecule has 1 aromatic carbocycles. The highest BCUT2D eigenvalue weighted by molar-refractivity contribution is 6.28. The Hall–Kier alpha value is -1.75. The first-order valence-corrected chi connectivity index (χ1v) is 7.13. The lowest BCUT2D eigenvalue weighted by molar-refractivity contribution is -0.129. The molecular weight excluding hydrogens is 276 g/mol. The number of hydrogen-bond donors (Lipinski definition) is 1. The average Bonchev–Trinajstić information content (AvgIpc) is 2.48. The van der Waals surface area contributed by atoms with Crippen molar-refractivity contribution in [2.75, 3.05) is 37.0 Å². The van der Waals surface area contributed by atoms with E-state index in [4.69, 9.17) is 17.3 Å². The Kier molecular flexibility index (Phi) is 4.84. The van der Waals surface area contributed by atoms with Gasteiger partial charge in [-0.05, 0) is 12.1 Å². The largest absolute Gasteiger partial charge is 0.386 e. The Morgan fingerprint density at radius 3 is 2.55 bits per heavy atom. The summed E-state index contributed by atoms with van der Waals surface area (Å²) in [6.07, 6.45) is 0. The molecule has 6 heteroatoms. The maximum Gasteiger partial charge on any atom is 0.219 e. The van der Waals surface area contributed by atoms with Crippen LogP contribution in [0.3, 0.4) is 0 Å². The number of hydrogen-bond acceptors (Lipinski definition) is 3. The predicted molar refractivity (Wildman–Crippen MR) is 82.9 cm³/mol. The second-order valence-electron chi connectivity index (χ2n) is 4.72. The molecule has 1 aliphatic heterocycles. The first-order valence-electron chi connectivity index (χ1n) is 6.60. The molecule has 2 rings (SSSR count). The summed E-state index contributed by atoms with van der Waals surface area (Å²) in [5.41, 5.74) is 7.56. The van der Waals surface area contributed by atoms with Crippen LogP contribution in [0.15, 0.2) is 29.3 Å². The number of halogens is 1. The Labute approximate surface area is 124 Å². The number of piperazine rings is 1. The second kappa shape index (κ2) is 6.61. The van der Waals surface area contributed by atoms with E-state index < -0.39 is 0 Å². The minimum atomic E-state index is 0.127. The summed E-state index contributed by atoms with van der Waals surface area (Å²) in [6.45, 7) is 4.67. The molecule has 1 aliphatic rings. The van der Waals surface area contributed by atoms with Gasteiger partial charge in [-0.3, -0.25) is 4.79 Å². The van der Waals surface area contributed by atoms with E-state index in [1.807, 2.05) is 29.2 Å². The van der Waals surface area contributed by atoms with Crippen LogP contribution in [0, 0.1) is 0 Å². The zero-order valence-electron chi connectivity index (χ0n) is 11.6. The smallest absolute Gasteiger partial charge is 0.219 e. The molecule has 1 heterocycles. The van der Waals surface area contributed by atoms with E-state index in [1.54, 1.807) is 6.92 Å². The third-order valence-electron chi connectivity index (χ3n) is 3.35. The maximum atomic E-state index is 11.3. The van der Waals surface area contributed by atoms with Gasteiger partial charge in [-0.25, -0.2) is 4.99 Å². The number of carbonyl (C=O) groups excluding carboxylic acids is 1. The number of anilines is 1. The monoisotopic (exact) mass is 294 g/mol. The van der Waals surface area contributed by atoms with Gasteiger partial charge in [-0.2, -0.15) is 0 Å². The van der Waals surface area contributed by atoms with Crippen molar-refractivity contribution in [1.82, 2.24) is 4.90 Å². The molecule has 1 fully saturated rings. The lowest BCUT2D eigenvalue weighted by Gasteiger charge is -2.36. The number of amides is 1. The Morgan fingerprint density at radius 2 is 1.95 bits per heavy atom. The van der Waals surface area contributed by atoms with Crippen molar-refractivity contribution in [2.45, 2.75) is 6.92 Å². The van der Waals surface area contributed by atoms with E-state index >= 15 is 0 Å². The topological polar surface area (TPSA) is 61.9 Å². The van der Waals surface area contributed by atoms with E-state index in [2.05, 4.69) is 9.89 Å². The van der Waals surface area contributed by atoms with Crippen LogP contribution in [0.1, 0.15) is 6.92 Å². The summed E-state index contributed by atoms with van der Waals surface area (Å²) in [5, 5.41) is 0. The molecule has 0 saturated carbocycles. The van der Waals surface area contributed by atoms with Crippen LogP contribution in [0.2, 0.25) is 0 Å². The van der Waals surface area contributed by atoms with Crippen molar-refractivity contribution in [3.63, 3.8) is 0 Å². The SMILES string of the molecule is CC(=O)N1CCN(c2ccccc2N=C(N)CCl)CC1. The molecular formula is C14H19ClN4O. The van der Waals surface area contributed by atoms with Crippen molar-refractivity contribution in [2.24, 2.45) is 10.7 Å². The Balaban J connectivity index is 2.16. The molecule has 0 spiro atoms. The molecule has 1 aromatic rings. The van der Waals surface area contributed by atoms with Gasteiger partial charge in [-0.1, -0.05) is 12.1 Å². The molecule has 2 N–H and O–H groups in total. The number of nitrogens with two attached hydrogens (primary N) is 1. The number of amidine groups is 1. The van der Waals surface area contributed by atoms with Crippen molar-refractivity contribution in [1.29, 1.82) is 0 Å². The highest BCUT2D eigenvalue weighted by Crippen LogP contribution is 2.29. The van der Waals surface area contributed by atoms with E-state index in [-0.39, 0.29) is 11.8 Å². The number of carbonyl (C=O) groups is 1. The van der Waals surface area contributed by atoms with Gasteiger partial charge in [0.25, 0.3) is 0 Å². The fraction of sp³-hybridized carbons (Fsp3) is 0.429. The van der Waals surface area contributed by atoms with Gasteiger partial charge in [0.1, 0.15) is 5.84 Å². The highest BCUT2D eigenvalue weighted by Gasteiger charge is 2.20. The van der Waals surface area contributed by atoms with Crippen molar-refractivity contribution >= 4 is 34.7 Å². The first-order chi connectivity index (χ1) is 9.61. The van der Waals surface area contributed by atoms with Gasteiger partial charge in [-0.15, -0.1) is 11.6 Å². The van der Waals surface area contributed by atoms with Crippen molar-refractivity contribution < 1.29 is 4.79 Å². The maximum absolute atomic E-state index is 11.3. The van der Waals surface area contributed by atoms with Crippen LogP contribution < -0.4 is 10.6 Å². The van der Waals surface area contributed by atoms with Crippen molar-refractivity contribution in [3.8, 4) is 0 Å². The van der Waals surface area contributed by atoms with E-state index in [9.17, 15) is 4.79 Å². The molecule has 5 nitrogen and oxygen atoms in total. The van der Waals surface area contributed by atoms with Crippen LogP contribution in [0.5, 0.6) is 0 Å². The van der Waals surface area contributed by atoms with Crippen LogP contribution in [0.25, 0.3) is 0 Å². The minimum Gasteiger partial charge on any atom is -0.386 e. The number of benzene rings is 1. The summed E-state index contributed by atoms with van der Waals surface area (Å²) in [5.74, 6) is 0.746. The Bertz CT molecular complexity index is 510.